The number of rotatable bonds is 4. The number of sulfonamides is 1. The molecule has 0 unspecified atom stereocenters. The van der Waals surface area contributed by atoms with Crippen LogP contribution in [0, 0.1) is 0 Å². The summed E-state index contributed by atoms with van der Waals surface area (Å²) in [4.78, 5) is 6.66. The monoisotopic (exact) mass is 440 g/mol. The van der Waals surface area contributed by atoms with Crippen molar-refractivity contribution in [3.63, 3.8) is 0 Å². The van der Waals surface area contributed by atoms with Gasteiger partial charge in [0.15, 0.2) is 0 Å². The molecular formula is C16H17BrN4O2S2. The molecule has 1 aromatic carbocycles. The Morgan fingerprint density at radius 2 is 1.84 bits per heavy atom. The minimum Gasteiger partial charge on any atom is -0.317 e. The number of hydrogen-bond acceptors (Lipinski definition) is 5. The first-order chi connectivity index (χ1) is 12.0. The molecule has 6 nitrogen and oxygen atoms in total. The topological polar surface area (TPSA) is 58.4 Å². The van der Waals surface area contributed by atoms with E-state index in [0.29, 0.717) is 30.4 Å². The van der Waals surface area contributed by atoms with Gasteiger partial charge in [-0.2, -0.15) is 4.31 Å². The maximum Gasteiger partial charge on any atom is 0.252 e. The van der Waals surface area contributed by atoms with Gasteiger partial charge in [0.2, 0.25) is 0 Å². The van der Waals surface area contributed by atoms with Crippen molar-refractivity contribution in [3.05, 3.63) is 46.5 Å². The van der Waals surface area contributed by atoms with E-state index in [9.17, 15) is 8.42 Å². The van der Waals surface area contributed by atoms with Crippen molar-refractivity contribution in [2.75, 3.05) is 26.2 Å². The van der Waals surface area contributed by atoms with Crippen LogP contribution >= 0.6 is 27.3 Å². The van der Waals surface area contributed by atoms with Crippen LogP contribution in [0.5, 0.6) is 0 Å². The molecule has 132 valence electrons. The van der Waals surface area contributed by atoms with Crippen molar-refractivity contribution in [3.8, 4) is 0 Å². The molecule has 9 heteroatoms. The molecule has 1 aliphatic rings. The quantitative estimate of drug-likeness (QED) is 0.625. The predicted molar refractivity (Wildman–Crippen MR) is 102 cm³/mol. The van der Waals surface area contributed by atoms with Gasteiger partial charge in [-0.15, -0.1) is 11.3 Å². The van der Waals surface area contributed by atoms with Crippen LogP contribution in [-0.4, -0.2) is 53.4 Å². The number of nitrogens with zero attached hydrogens (tertiary/aromatic N) is 4. The first kappa shape index (κ1) is 17.2. The second kappa shape index (κ2) is 6.81. The van der Waals surface area contributed by atoms with E-state index in [1.165, 1.54) is 11.3 Å². The number of hydrogen-bond donors (Lipinski definition) is 0. The molecule has 2 aromatic heterocycles. The summed E-state index contributed by atoms with van der Waals surface area (Å²) < 4.78 is 30.3. The zero-order chi connectivity index (χ0) is 17.4. The highest BCUT2D eigenvalue weighted by molar-refractivity contribution is 9.11. The van der Waals surface area contributed by atoms with Gasteiger partial charge >= 0.3 is 0 Å². The number of aromatic nitrogens is 2. The van der Waals surface area contributed by atoms with Crippen molar-refractivity contribution in [2.45, 2.75) is 10.9 Å². The zero-order valence-electron chi connectivity index (χ0n) is 13.4. The third-order valence-electron chi connectivity index (χ3n) is 4.35. The Morgan fingerprint density at radius 1 is 1.08 bits per heavy atom. The second-order valence-corrected chi connectivity index (χ2v) is 10.6. The predicted octanol–water partition coefficient (Wildman–Crippen LogP) is 2.82. The summed E-state index contributed by atoms with van der Waals surface area (Å²) in [5.41, 5.74) is 2.08. The van der Waals surface area contributed by atoms with E-state index >= 15 is 0 Å². The lowest BCUT2D eigenvalue weighted by Crippen LogP contribution is -2.48. The Kier molecular flexibility index (Phi) is 4.67. The second-order valence-electron chi connectivity index (χ2n) is 5.93. The molecule has 0 aliphatic carbocycles. The molecule has 0 atom stereocenters. The maximum atomic E-state index is 12.7. The fraction of sp³-hybridized carbons (Fsp3) is 0.312. The Bertz CT molecular complexity index is 990. The number of benzene rings is 1. The Morgan fingerprint density at radius 3 is 2.56 bits per heavy atom. The fourth-order valence-electron chi connectivity index (χ4n) is 3.01. The standard InChI is InChI=1S/C16H17BrN4O2S2/c17-15-5-6-16(24-15)25(22,23)21-9-7-19(8-10-21)12-20-11-18-13-3-1-2-4-14(13)20/h1-6,11H,7-10,12H2. The van der Waals surface area contributed by atoms with Crippen LogP contribution < -0.4 is 0 Å². The molecule has 1 fully saturated rings. The Balaban J connectivity index is 1.43. The molecule has 0 spiro atoms. The summed E-state index contributed by atoms with van der Waals surface area (Å²) in [5.74, 6) is 0. The molecule has 3 aromatic rings. The minimum atomic E-state index is -3.39. The molecule has 0 bridgehead atoms. The van der Waals surface area contributed by atoms with Gasteiger partial charge in [-0.1, -0.05) is 12.1 Å². The third kappa shape index (κ3) is 3.39. The van der Waals surface area contributed by atoms with Gasteiger partial charge in [0.25, 0.3) is 10.0 Å². The lowest BCUT2D eigenvalue weighted by molar-refractivity contribution is 0.154. The number of fused-ring (bicyclic) bond motifs is 1. The van der Waals surface area contributed by atoms with E-state index < -0.39 is 10.0 Å². The highest BCUT2D eigenvalue weighted by Crippen LogP contribution is 2.29. The summed E-state index contributed by atoms with van der Waals surface area (Å²) in [6.45, 7) is 3.14. The van der Waals surface area contributed by atoms with E-state index in [1.807, 2.05) is 24.5 Å². The van der Waals surface area contributed by atoms with Gasteiger partial charge < -0.3 is 4.57 Å². The van der Waals surface area contributed by atoms with E-state index in [2.05, 4.69) is 36.4 Å². The molecular weight excluding hydrogens is 424 g/mol. The summed E-state index contributed by atoms with van der Waals surface area (Å²) in [7, 11) is -3.39. The van der Waals surface area contributed by atoms with Crippen LogP contribution in [0.15, 0.2) is 50.7 Å². The first-order valence-electron chi connectivity index (χ1n) is 7.92. The largest absolute Gasteiger partial charge is 0.317 e. The smallest absolute Gasteiger partial charge is 0.252 e. The van der Waals surface area contributed by atoms with E-state index in [4.69, 9.17) is 0 Å². The highest BCUT2D eigenvalue weighted by atomic mass is 79.9. The minimum absolute atomic E-state index is 0.397. The van der Waals surface area contributed by atoms with Crippen LogP contribution in [0.1, 0.15) is 0 Å². The maximum absolute atomic E-state index is 12.7. The Hall–Kier alpha value is -1.26. The van der Waals surface area contributed by atoms with Crippen LogP contribution in [-0.2, 0) is 16.7 Å². The number of piperazine rings is 1. The van der Waals surface area contributed by atoms with E-state index in [0.717, 1.165) is 21.5 Å². The summed E-state index contributed by atoms with van der Waals surface area (Å²) >= 11 is 4.59. The number of thiophene rings is 1. The normalized spacial score (nSPS) is 17.3. The van der Waals surface area contributed by atoms with E-state index in [1.54, 1.807) is 16.4 Å². The van der Waals surface area contributed by atoms with Gasteiger partial charge in [0, 0.05) is 26.2 Å². The first-order valence-corrected chi connectivity index (χ1v) is 11.0. The van der Waals surface area contributed by atoms with Crippen molar-refractivity contribution in [1.82, 2.24) is 18.8 Å². The zero-order valence-corrected chi connectivity index (χ0v) is 16.6. The SMILES string of the molecule is O=S(=O)(c1ccc(Br)s1)N1CCN(Cn2cnc3ccccc32)CC1. The van der Waals surface area contributed by atoms with Crippen LogP contribution in [0.25, 0.3) is 11.0 Å². The molecule has 0 amide bonds. The molecule has 4 rings (SSSR count). The highest BCUT2D eigenvalue weighted by Gasteiger charge is 2.29. The molecule has 1 aliphatic heterocycles. The molecule has 0 N–H and O–H groups in total. The van der Waals surface area contributed by atoms with Crippen molar-refractivity contribution in [1.29, 1.82) is 0 Å². The fourth-order valence-corrected chi connectivity index (χ4v) is 6.60. The number of halogens is 1. The Labute approximate surface area is 158 Å². The molecule has 0 saturated carbocycles. The van der Waals surface area contributed by atoms with Crippen LogP contribution in [0.2, 0.25) is 0 Å². The third-order valence-corrected chi connectivity index (χ3v) is 8.34. The average molecular weight is 441 g/mol. The van der Waals surface area contributed by atoms with Gasteiger partial charge in [0.1, 0.15) is 4.21 Å². The summed E-state index contributed by atoms with van der Waals surface area (Å²) in [6.07, 6.45) is 1.84. The number of para-hydroxylation sites is 2. The molecule has 1 saturated heterocycles. The van der Waals surface area contributed by atoms with Gasteiger partial charge in [-0.25, -0.2) is 13.4 Å². The van der Waals surface area contributed by atoms with Gasteiger partial charge in [0.05, 0.1) is 27.8 Å². The number of imidazole rings is 1. The van der Waals surface area contributed by atoms with Crippen LogP contribution in [0.3, 0.4) is 0 Å². The lowest BCUT2D eigenvalue weighted by Gasteiger charge is -2.33. The average Bonchev–Trinajstić information content (AvgIpc) is 3.23. The summed E-state index contributed by atoms with van der Waals surface area (Å²) in [6, 6.07) is 11.5. The van der Waals surface area contributed by atoms with Crippen molar-refractivity contribution in [2.24, 2.45) is 0 Å². The molecule has 0 radical (unpaired) electrons. The van der Waals surface area contributed by atoms with Gasteiger partial charge in [-0.05, 0) is 40.2 Å². The van der Waals surface area contributed by atoms with Crippen LogP contribution in [0.4, 0.5) is 0 Å². The van der Waals surface area contributed by atoms with E-state index in [-0.39, 0.29) is 0 Å². The van der Waals surface area contributed by atoms with Crippen molar-refractivity contribution >= 4 is 48.3 Å². The molecule has 3 heterocycles. The van der Waals surface area contributed by atoms with Crippen molar-refractivity contribution < 1.29 is 8.42 Å². The van der Waals surface area contributed by atoms with Gasteiger partial charge in [-0.3, -0.25) is 4.90 Å². The lowest BCUT2D eigenvalue weighted by atomic mass is 10.3. The summed E-state index contributed by atoms with van der Waals surface area (Å²) in [5, 5.41) is 0. The molecule has 25 heavy (non-hydrogen) atoms.